The molecule has 0 aliphatic carbocycles. The molecule has 1 aromatic carbocycles. The number of hydrogen-bond acceptors (Lipinski definition) is 8. The lowest BCUT2D eigenvalue weighted by Gasteiger charge is -2.37. The molecular formula is C36H48N6O4. The molecule has 46 heavy (non-hydrogen) atoms. The number of morpholine rings is 1. The molecule has 246 valence electrons. The van der Waals surface area contributed by atoms with E-state index in [1.807, 2.05) is 26.1 Å². The topological polar surface area (TPSA) is 103 Å². The molecule has 1 amide bonds. The van der Waals surface area contributed by atoms with Crippen LogP contribution in [0.1, 0.15) is 65.0 Å². The molecule has 0 radical (unpaired) electrons. The number of fused-ring (bicyclic) bond motifs is 1. The molecule has 2 N–H and O–H groups in total. The van der Waals surface area contributed by atoms with E-state index in [9.17, 15) is 9.59 Å². The molecule has 3 aliphatic rings. The molecule has 0 atom stereocenters. The number of likely N-dealkylation sites (N-methyl/N-ethyl adjacent to an activating group) is 1. The largest absolute Gasteiger partial charge is 0.381 e. The number of anilines is 2. The molecular weight excluding hydrogens is 580 g/mol. The van der Waals surface area contributed by atoms with Crippen molar-refractivity contribution in [3.63, 3.8) is 0 Å². The number of pyridine rings is 2. The maximum atomic E-state index is 14.1. The van der Waals surface area contributed by atoms with Crippen LogP contribution in [0.25, 0.3) is 11.1 Å². The van der Waals surface area contributed by atoms with Crippen molar-refractivity contribution in [3.8, 4) is 11.1 Å². The highest BCUT2D eigenvalue weighted by Crippen LogP contribution is 2.34. The van der Waals surface area contributed by atoms with Gasteiger partial charge >= 0.3 is 0 Å². The third-order valence-corrected chi connectivity index (χ3v) is 10.0. The lowest BCUT2D eigenvalue weighted by Crippen LogP contribution is -2.40. The van der Waals surface area contributed by atoms with Crippen molar-refractivity contribution < 1.29 is 14.3 Å². The number of carbonyl (C=O) groups excluding carboxylic acids is 1. The number of aryl methyl sites for hydroxylation is 1. The third-order valence-electron chi connectivity index (χ3n) is 10.0. The lowest BCUT2D eigenvalue weighted by molar-refractivity contribution is 0.0846. The highest BCUT2D eigenvalue weighted by molar-refractivity contribution is 5.99. The number of benzene rings is 1. The van der Waals surface area contributed by atoms with Crippen LogP contribution in [0, 0.1) is 13.8 Å². The van der Waals surface area contributed by atoms with E-state index in [1.165, 1.54) is 5.56 Å². The second-order valence-electron chi connectivity index (χ2n) is 12.6. The number of amides is 1. The SMILES string of the molecule is CCN1CCc2c(c(C)[nH]c(=O)c2CNC(=O)c2cc(-c3ccc(N4CCOCC4)nc3)cc(N(CC)C3CCOCC3)c2C)C1. The fraction of sp³-hybridized carbons (Fsp3) is 0.528. The molecule has 10 nitrogen and oxygen atoms in total. The van der Waals surface area contributed by atoms with E-state index in [4.69, 9.17) is 14.5 Å². The van der Waals surface area contributed by atoms with Gasteiger partial charge in [-0.25, -0.2) is 4.98 Å². The first-order valence-electron chi connectivity index (χ1n) is 16.9. The molecule has 2 aromatic heterocycles. The van der Waals surface area contributed by atoms with Gasteiger partial charge in [0.2, 0.25) is 0 Å². The summed E-state index contributed by atoms with van der Waals surface area (Å²) in [6, 6.07) is 8.67. The average Bonchev–Trinajstić information content (AvgIpc) is 3.10. The summed E-state index contributed by atoms with van der Waals surface area (Å²) >= 11 is 0. The van der Waals surface area contributed by atoms with Crippen LogP contribution < -0.4 is 20.7 Å². The molecule has 3 aliphatic heterocycles. The molecule has 6 rings (SSSR count). The van der Waals surface area contributed by atoms with Crippen LogP contribution in [-0.2, 0) is 29.0 Å². The van der Waals surface area contributed by atoms with Crippen LogP contribution in [0.4, 0.5) is 11.5 Å². The minimum atomic E-state index is -0.179. The molecule has 10 heteroatoms. The van der Waals surface area contributed by atoms with E-state index >= 15 is 0 Å². The van der Waals surface area contributed by atoms with Crippen LogP contribution >= 0.6 is 0 Å². The Morgan fingerprint density at radius 3 is 2.48 bits per heavy atom. The number of hydrogen-bond donors (Lipinski definition) is 2. The first-order valence-corrected chi connectivity index (χ1v) is 16.9. The lowest BCUT2D eigenvalue weighted by atomic mass is 9.94. The molecule has 0 bridgehead atoms. The van der Waals surface area contributed by atoms with Gasteiger partial charge in [-0.05, 0) is 93.1 Å². The fourth-order valence-electron chi connectivity index (χ4n) is 7.23. The number of H-pyrrole nitrogens is 1. The van der Waals surface area contributed by atoms with Crippen LogP contribution in [0.3, 0.4) is 0 Å². The number of aromatic amines is 1. The first kappa shape index (κ1) is 32.2. The van der Waals surface area contributed by atoms with Gasteiger partial charge in [-0.15, -0.1) is 0 Å². The number of ether oxygens (including phenoxy) is 2. The van der Waals surface area contributed by atoms with Crippen molar-refractivity contribution in [2.24, 2.45) is 0 Å². The second kappa shape index (κ2) is 14.4. The quantitative estimate of drug-likeness (QED) is 0.364. The van der Waals surface area contributed by atoms with Gasteiger partial charge in [-0.3, -0.25) is 14.5 Å². The predicted molar refractivity (Wildman–Crippen MR) is 182 cm³/mol. The Labute approximate surface area is 272 Å². The van der Waals surface area contributed by atoms with Gasteiger partial charge in [-0.1, -0.05) is 6.92 Å². The van der Waals surface area contributed by atoms with Crippen molar-refractivity contribution in [2.75, 3.05) is 69.0 Å². The molecule has 5 heterocycles. The van der Waals surface area contributed by atoms with Gasteiger partial charge < -0.3 is 29.6 Å². The summed E-state index contributed by atoms with van der Waals surface area (Å²) in [7, 11) is 0. The maximum Gasteiger partial charge on any atom is 0.253 e. The molecule has 0 saturated carbocycles. The molecule has 3 aromatic rings. The van der Waals surface area contributed by atoms with Gasteiger partial charge in [-0.2, -0.15) is 0 Å². The van der Waals surface area contributed by atoms with E-state index < -0.39 is 0 Å². The number of rotatable bonds is 9. The minimum Gasteiger partial charge on any atom is -0.381 e. The number of aromatic nitrogens is 2. The van der Waals surface area contributed by atoms with E-state index in [0.717, 1.165) is 111 Å². The third kappa shape index (κ3) is 6.70. The molecule has 0 unspecified atom stereocenters. The summed E-state index contributed by atoms with van der Waals surface area (Å²) in [5.41, 5.74) is 8.25. The normalized spacial score (nSPS) is 17.5. The van der Waals surface area contributed by atoms with Crippen molar-refractivity contribution in [2.45, 2.75) is 66.1 Å². The summed E-state index contributed by atoms with van der Waals surface area (Å²) in [6.07, 6.45) is 4.61. The van der Waals surface area contributed by atoms with Gasteiger partial charge in [0, 0.05) is 92.8 Å². The Bertz CT molecular complexity index is 1590. The maximum absolute atomic E-state index is 14.1. The van der Waals surface area contributed by atoms with Gasteiger partial charge in [0.05, 0.1) is 13.2 Å². The van der Waals surface area contributed by atoms with Crippen LogP contribution in [-0.4, -0.2) is 86.0 Å². The zero-order chi connectivity index (χ0) is 32.2. The van der Waals surface area contributed by atoms with E-state index in [-0.39, 0.29) is 18.0 Å². The van der Waals surface area contributed by atoms with Crippen LogP contribution in [0.5, 0.6) is 0 Å². The average molecular weight is 629 g/mol. The first-order chi connectivity index (χ1) is 22.4. The number of nitrogens with zero attached hydrogens (tertiary/aromatic N) is 4. The van der Waals surface area contributed by atoms with Crippen molar-refractivity contribution in [3.05, 3.63) is 74.3 Å². The molecule has 0 spiro atoms. The van der Waals surface area contributed by atoms with Gasteiger partial charge in [0.15, 0.2) is 0 Å². The summed E-state index contributed by atoms with van der Waals surface area (Å²) in [6.45, 7) is 16.6. The van der Waals surface area contributed by atoms with Crippen LogP contribution in [0.2, 0.25) is 0 Å². The molecule has 2 fully saturated rings. The zero-order valence-electron chi connectivity index (χ0n) is 27.8. The van der Waals surface area contributed by atoms with Gasteiger partial charge in [0.25, 0.3) is 11.5 Å². The number of carbonyl (C=O) groups is 1. The predicted octanol–water partition coefficient (Wildman–Crippen LogP) is 4.20. The molecule has 2 saturated heterocycles. The van der Waals surface area contributed by atoms with E-state index in [2.05, 4.69) is 57.0 Å². The Hall–Kier alpha value is -3.73. The Balaban J connectivity index is 1.33. The summed E-state index contributed by atoms with van der Waals surface area (Å²) in [5, 5.41) is 3.14. The van der Waals surface area contributed by atoms with Crippen LogP contribution in [0.15, 0.2) is 35.3 Å². The highest BCUT2D eigenvalue weighted by Gasteiger charge is 2.26. The summed E-state index contributed by atoms with van der Waals surface area (Å²) in [5.74, 6) is 0.754. The summed E-state index contributed by atoms with van der Waals surface area (Å²) in [4.78, 5) is 42.1. The highest BCUT2D eigenvalue weighted by atomic mass is 16.5. The van der Waals surface area contributed by atoms with Crippen molar-refractivity contribution >= 4 is 17.4 Å². The van der Waals surface area contributed by atoms with Crippen molar-refractivity contribution in [1.82, 2.24) is 20.2 Å². The van der Waals surface area contributed by atoms with Gasteiger partial charge in [0.1, 0.15) is 5.82 Å². The smallest absolute Gasteiger partial charge is 0.253 e. The van der Waals surface area contributed by atoms with E-state index in [1.54, 1.807) is 0 Å². The second-order valence-corrected chi connectivity index (χ2v) is 12.6. The number of nitrogens with one attached hydrogen (secondary N) is 2. The summed E-state index contributed by atoms with van der Waals surface area (Å²) < 4.78 is 11.2. The Morgan fingerprint density at radius 2 is 1.78 bits per heavy atom. The Morgan fingerprint density at radius 1 is 1.02 bits per heavy atom. The zero-order valence-corrected chi connectivity index (χ0v) is 27.8. The van der Waals surface area contributed by atoms with Crippen molar-refractivity contribution in [1.29, 1.82) is 0 Å². The minimum absolute atomic E-state index is 0.115. The standard InChI is InChI=1S/C36H48N6O4/c1-5-40-12-9-29-31(36(44)39-25(4)32(29)23-40)22-38-35(43)30-19-27(26-7-8-34(37-21-26)41-13-17-46-18-14-41)20-33(24(30)3)42(6-2)28-10-15-45-16-11-28/h7-8,19-21,28H,5-6,9-18,22-23H2,1-4H3,(H,38,43)(H,39,44). The fourth-order valence-corrected chi connectivity index (χ4v) is 7.23. The van der Waals surface area contributed by atoms with E-state index in [0.29, 0.717) is 30.4 Å². The monoisotopic (exact) mass is 628 g/mol. The Kier molecular flexibility index (Phi) is 10.1.